The van der Waals surface area contributed by atoms with Crippen molar-refractivity contribution in [2.45, 2.75) is 19.6 Å². The molecule has 0 aliphatic rings. The van der Waals surface area contributed by atoms with Crippen LogP contribution in [0.2, 0.25) is 0 Å². The molecule has 2 aromatic heterocycles. The van der Waals surface area contributed by atoms with Crippen molar-refractivity contribution in [3.05, 3.63) is 30.2 Å². The Morgan fingerprint density at radius 2 is 2.38 bits per heavy atom. The summed E-state index contributed by atoms with van der Waals surface area (Å²) in [5, 5.41) is 0. The van der Waals surface area contributed by atoms with Crippen LogP contribution < -0.4 is 11.5 Å². The first-order chi connectivity index (χ1) is 7.66. The number of nitrogen functional groups attached to an aromatic ring is 1. The predicted octanol–water partition coefficient (Wildman–Crippen LogP) is 0.780. The number of fused-ring (bicyclic) bond motifs is 1. The maximum atomic E-state index is 5.80. The Kier molecular flexibility index (Phi) is 3.07. The van der Waals surface area contributed by atoms with E-state index in [1.165, 1.54) is 0 Å². The highest BCUT2D eigenvalue weighted by atomic mass is 16.5. The molecule has 0 saturated carbocycles. The van der Waals surface area contributed by atoms with Gasteiger partial charge in [-0.3, -0.25) is 0 Å². The maximum absolute atomic E-state index is 5.80. The molecule has 86 valence electrons. The van der Waals surface area contributed by atoms with Crippen LogP contribution in [0.1, 0.15) is 12.6 Å². The quantitative estimate of drug-likeness (QED) is 0.798. The van der Waals surface area contributed by atoms with Crippen molar-refractivity contribution in [2.24, 2.45) is 5.73 Å². The summed E-state index contributed by atoms with van der Waals surface area (Å²) >= 11 is 0. The van der Waals surface area contributed by atoms with Gasteiger partial charge in [0.25, 0.3) is 0 Å². The zero-order valence-corrected chi connectivity index (χ0v) is 9.26. The Morgan fingerprint density at radius 1 is 1.56 bits per heavy atom. The van der Waals surface area contributed by atoms with E-state index in [9.17, 15) is 0 Å². The van der Waals surface area contributed by atoms with Gasteiger partial charge < -0.3 is 20.6 Å². The SMILES string of the molecule is C[C@@H](N)COCc1cn2cccc(N)c2n1. The van der Waals surface area contributed by atoms with Crippen molar-refractivity contribution in [1.82, 2.24) is 9.38 Å². The highest BCUT2D eigenvalue weighted by molar-refractivity contribution is 5.64. The molecule has 0 aliphatic carbocycles. The number of hydrogen-bond donors (Lipinski definition) is 2. The smallest absolute Gasteiger partial charge is 0.160 e. The standard InChI is InChI=1S/C11H16N4O/c1-8(12)6-16-7-9-5-15-4-2-3-10(13)11(15)14-9/h2-5,8H,6-7,12-13H2,1H3/t8-/m1/s1. The van der Waals surface area contributed by atoms with Crippen LogP contribution >= 0.6 is 0 Å². The van der Waals surface area contributed by atoms with Gasteiger partial charge in [0, 0.05) is 18.4 Å². The highest BCUT2D eigenvalue weighted by Gasteiger charge is 2.04. The van der Waals surface area contributed by atoms with Gasteiger partial charge in [-0.1, -0.05) is 0 Å². The van der Waals surface area contributed by atoms with Crippen LogP contribution in [-0.4, -0.2) is 22.0 Å². The van der Waals surface area contributed by atoms with Gasteiger partial charge in [-0.2, -0.15) is 0 Å². The lowest BCUT2D eigenvalue weighted by Gasteiger charge is -2.04. The van der Waals surface area contributed by atoms with Crippen LogP contribution in [0.15, 0.2) is 24.5 Å². The molecule has 16 heavy (non-hydrogen) atoms. The van der Waals surface area contributed by atoms with Gasteiger partial charge in [-0.15, -0.1) is 0 Å². The number of ether oxygens (including phenoxy) is 1. The summed E-state index contributed by atoms with van der Waals surface area (Å²) in [6, 6.07) is 3.76. The molecule has 0 amide bonds. The number of aromatic nitrogens is 2. The van der Waals surface area contributed by atoms with Crippen LogP contribution in [0.5, 0.6) is 0 Å². The summed E-state index contributed by atoms with van der Waals surface area (Å²) in [6.45, 7) is 2.90. The fourth-order valence-corrected chi connectivity index (χ4v) is 1.50. The maximum Gasteiger partial charge on any atom is 0.160 e. The third kappa shape index (κ3) is 2.32. The van der Waals surface area contributed by atoms with Crippen molar-refractivity contribution in [1.29, 1.82) is 0 Å². The van der Waals surface area contributed by atoms with Crippen LogP contribution in [-0.2, 0) is 11.3 Å². The first-order valence-electron chi connectivity index (χ1n) is 5.22. The highest BCUT2D eigenvalue weighted by Crippen LogP contribution is 2.12. The molecule has 2 heterocycles. The van der Waals surface area contributed by atoms with Gasteiger partial charge in [0.1, 0.15) is 0 Å². The average Bonchev–Trinajstić information content (AvgIpc) is 2.61. The molecule has 5 nitrogen and oxygen atoms in total. The lowest BCUT2D eigenvalue weighted by Crippen LogP contribution is -2.21. The largest absolute Gasteiger partial charge is 0.396 e. The predicted molar refractivity (Wildman–Crippen MR) is 62.9 cm³/mol. The molecule has 0 fully saturated rings. The van der Waals surface area contributed by atoms with Gasteiger partial charge in [0.15, 0.2) is 5.65 Å². The third-order valence-corrected chi connectivity index (χ3v) is 2.19. The Hall–Kier alpha value is -1.59. The number of nitrogens with two attached hydrogens (primary N) is 2. The number of imidazole rings is 1. The van der Waals surface area contributed by atoms with Crippen molar-refractivity contribution in [3.8, 4) is 0 Å². The minimum Gasteiger partial charge on any atom is -0.396 e. The summed E-state index contributed by atoms with van der Waals surface area (Å²) in [6.07, 6.45) is 3.82. The van der Waals surface area contributed by atoms with E-state index in [0.29, 0.717) is 18.9 Å². The molecule has 2 aromatic rings. The first kappa shape index (κ1) is 10.9. The van der Waals surface area contributed by atoms with Crippen LogP contribution in [0.4, 0.5) is 5.69 Å². The van der Waals surface area contributed by atoms with Crippen LogP contribution in [0, 0.1) is 0 Å². The Morgan fingerprint density at radius 3 is 3.06 bits per heavy atom. The second-order valence-corrected chi connectivity index (χ2v) is 3.92. The lowest BCUT2D eigenvalue weighted by atomic mass is 10.4. The molecule has 2 rings (SSSR count). The van der Waals surface area contributed by atoms with Crippen LogP contribution in [0.3, 0.4) is 0 Å². The molecule has 0 saturated heterocycles. The topological polar surface area (TPSA) is 78.6 Å². The van der Waals surface area contributed by atoms with E-state index in [-0.39, 0.29) is 6.04 Å². The summed E-state index contributed by atoms with van der Waals surface area (Å²) in [5.74, 6) is 0. The zero-order valence-electron chi connectivity index (χ0n) is 9.26. The normalized spacial score (nSPS) is 13.1. The second-order valence-electron chi connectivity index (χ2n) is 3.92. The molecule has 0 unspecified atom stereocenters. The fourth-order valence-electron chi connectivity index (χ4n) is 1.50. The Balaban J connectivity index is 2.11. The van der Waals surface area contributed by atoms with E-state index in [1.807, 2.05) is 35.9 Å². The van der Waals surface area contributed by atoms with Gasteiger partial charge >= 0.3 is 0 Å². The lowest BCUT2D eigenvalue weighted by molar-refractivity contribution is 0.109. The fraction of sp³-hybridized carbons (Fsp3) is 0.364. The van der Waals surface area contributed by atoms with Crippen molar-refractivity contribution >= 4 is 11.3 Å². The molecule has 4 N–H and O–H groups in total. The first-order valence-corrected chi connectivity index (χ1v) is 5.22. The van der Waals surface area contributed by atoms with Gasteiger partial charge in [-0.05, 0) is 19.1 Å². The number of hydrogen-bond acceptors (Lipinski definition) is 4. The van der Waals surface area contributed by atoms with E-state index >= 15 is 0 Å². The molecular formula is C11H16N4O. The van der Waals surface area contributed by atoms with Crippen LogP contribution in [0.25, 0.3) is 5.65 Å². The van der Waals surface area contributed by atoms with Gasteiger partial charge in [0.05, 0.1) is 24.6 Å². The van der Waals surface area contributed by atoms with Gasteiger partial charge in [0.2, 0.25) is 0 Å². The summed E-state index contributed by atoms with van der Waals surface area (Å²) in [4.78, 5) is 4.38. The zero-order chi connectivity index (χ0) is 11.5. The molecule has 0 aliphatic heterocycles. The van der Waals surface area contributed by atoms with Crippen molar-refractivity contribution < 1.29 is 4.74 Å². The summed E-state index contributed by atoms with van der Waals surface area (Å²) in [5.41, 5.74) is 13.7. The van der Waals surface area contributed by atoms with Crippen molar-refractivity contribution in [3.63, 3.8) is 0 Å². The van der Waals surface area contributed by atoms with Gasteiger partial charge in [-0.25, -0.2) is 4.98 Å². The van der Waals surface area contributed by atoms with E-state index in [4.69, 9.17) is 16.2 Å². The molecule has 0 radical (unpaired) electrons. The molecule has 1 atom stereocenters. The van der Waals surface area contributed by atoms with E-state index in [1.54, 1.807) is 0 Å². The molecule has 0 bridgehead atoms. The minimum absolute atomic E-state index is 0.0436. The number of anilines is 1. The average molecular weight is 220 g/mol. The summed E-state index contributed by atoms with van der Waals surface area (Å²) < 4.78 is 7.30. The Bertz CT molecular complexity index is 478. The molecule has 0 spiro atoms. The third-order valence-electron chi connectivity index (χ3n) is 2.19. The molecule has 5 heteroatoms. The summed E-state index contributed by atoms with van der Waals surface area (Å²) in [7, 11) is 0. The monoisotopic (exact) mass is 220 g/mol. The number of pyridine rings is 1. The van der Waals surface area contributed by atoms with Crippen molar-refractivity contribution in [2.75, 3.05) is 12.3 Å². The number of nitrogens with zero attached hydrogens (tertiary/aromatic N) is 2. The van der Waals surface area contributed by atoms with E-state index in [2.05, 4.69) is 4.98 Å². The van der Waals surface area contributed by atoms with E-state index < -0.39 is 0 Å². The molecular weight excluding hydrogens is 204 g/mol. The Labute approximate surface area is 94.0 Å². The van der Waals surface area contributed by atoms with E-state index in [0.717, 1.165) is 11.3 Å². The minimum atomic E-state index is 0.0436. The second kappa shape index (κ2) is 4.51. The molecule has 0 aromatic carbocycles. The number of rotatable bonds is 4.